The second-order valence-corrected chi connectivity index (χ2v) is 17.3. The lowest BCUT2D eigenvalue weighted by Gasteiger charge is -2.30. The van der Waals surface area contributed by atoms with Crippen LogP contribution in [0.4, 0.5) is 52.7 Å². The van der Waals surface area contributed by atoms with Gasteiger partial charge in [-0.15, -0.1) is 0 Å². The first-order valence-corrected chi connectivity index (χ1v) is 22.0. The number of amides is 2. The van der Waals surface area contributed by atoms with Crippen LogP contribution in [0.25, 0.3) is 34.4 Å². The molecule has 380 valence electrons. The lowest BCUT2D eigenvalue weighted by Crippen LogP contribution is -2.41. The Balaban J connectivity index is 1.70. The van der Waals surface area contributed by atoms with Crippen molar-refractivity contribution in [3.8, 4) is 33.8 Å². The smallest absolute Gasteiger partial charge is 0.418 e. The van der Waals surface area contributed by atoms with Gasteiger partial charge >= 0.3 is 36.6 Å². The fraction of sp³-hybridized carbons (Fsp3) is 0.333. The molecule has 0 spiro atoms. The van der Waals surface area contributed by atoms with Crippen molar-refractivity contribution in [2.24, 2.45) is 11.8 Å². The molecule has 0 bridgehead atoms. The van der Waals surface area contributed by atoms with Gasteiger partial charge in [-0.05, 0) is 84.4 Å². The van der Waals surface area contributed by atoms with E-state index in [1.807, 2.05) is 0 Å². The van der Waals surface area contributed by atoms with Crippen LogP contribution < -0.4 is 9.47 Å². The molecule has 6 rings (SSSR count). The molecule has 0 saturated carbocycles. The number of methoxy groups -OCH3 is 2. The highest BCUT2D eigenvalue weighted by Crippen LogP contribution is 2.56. The summed E-state index contributed by atoms with van der Waals surface area (Å²) >= 11 is -0.714. The maximum atomic E-state index is 15.6. The number of ether oxygens (including phenoxy) is 2. The van der Waals surface area contributed by atoms with E-state index in [0.717, 1.165) is 36.2 Å². The van der Waals surface area contributed by atoms with Crippen LogP contribution in [0, 0.1) is 11.8 Å². The molecule has 4 aromatic carbocycles. The lowest BCUT2D eigenvalue weighted by atomic mass is 9.90. The number of hydrogen-bond acceptors (Lipinski definition) is 7. The first-order chi connectivity index (χ1) is 33.2. The molecule has 10 nitrogen and oxygen atoms in total. The van der Waals surface area contributed by atoms with Crippen LogP contribution in [0.15, 0.2) is 82.6 Å². The van der Waals surface area contributed by atoms with Crippen molar-refractivity contribution in [1.29, 1.82) is 0 Å². The average Bonchev–Trinajstić information content (AvgIpc) is 3.30. The third-order valence-corrected chi connectivity index (χ3v) is 12.8. The van der Waals surface area contributed by atoms with E-state index in [4.69, 9.17) is 9.47 Å². The number of likely N-dealkylation sites (tertiary alicyclic amines) is 2. The first kappa shape index (κ1) is 53.7. The van der Waals surface area contributed by atoms with Gasteiger partial charge in [0.1, 0.15) is 11.5 Å². The Bertz CT molecular complexity index is 2580. The molecule has 2 unspecified atom stereocenters. The van der Waals surface area contributed by atoms with Crippen molar-refractivity contribution < 1.29 is 91.5 Å². The number of rotatable bonds is 12. The van der Waals surface area contributed by atoms with E-state index in [1.165, 1.54) is 36.4 Å². The summed E-state index contributed by atoms with van der Waals surface area (Å²) in [5.74, 6) is -7.51. The molecule has 2 atom stereocenters. The van der Waals surface area contributed by atoms with Crippen molar-refractivity contribution in [1.82, 2.24) is 9.80 Å². The number of aliphatic carboxylic acids is 2. The first-order valence-electron chi connectivity index (χ1n) is 21.2. The second-order valence-electron chi connectivity index (χ2n) is 16.3. The Morgan fingerprint density at radius 2 is 0.887 bits per heavy atom. The van der Waals surface area contributed by atoms with Crippen LogP contribution >= 0.6 is 11.8 Å². The summed E-state index contributed by atoms with van der Waals surface area (Å²) in [5.41, 5.74) is -15.5. The SMILES string of the molecule is COc1ccccc1-c1cc(Sc2cc(-c3ccccc3OC)c(C=CC(=O)N3CCCC(C(=O)O)C3)c(C(F)(F)F)c2C(F)(F)F)c(C(F)(F)F)c(C(F)(F)F)c1C=CC(=O)N1CCCC(C(=O)O)C1. The normalized spacial score (nSPS) is 17.2. The quantitative estimate of drug-likeness (QED) is 0.105. The van der Waals surface area contributed by atoms with E-state index in [0.29, 0.717) is 36.4 Å². The van der Waals surface area contributed by atoms with Crippen LogP contribution in [0.2, 0.25) is 0 Å². The van der Waals surface area contributed by atoms with Crippen LogP contribution in [0.5, 0.6) is 11.5 Å². The third-order valence-electron chi connectivity index (χ3n) is 11.8. The van der Waals surface area contributed by atoms with Gasteiger partial charge in [-0.3, -0.25) is 19.2 Å². The Morgan fingerprint density at radius 3 is 1.20 bits per heavy atom. The molecule has 0 aromatic heterocycles. The highest BCUT2D eigenvalue weighted by atomic mass is 32.2. The molecule has 2 aliphatic rings. The van der Waals surface area contributed by atoms with Crippen LogP contribution in [0.3, 0.4) is 0 Å². The number of halogens is 12. The highest BCUT2D eigenvalue weighted by Gasteiger charge is 2.51. The van der Waals surface area contributed by atoms with Gasteiger partial charge in [-0.2, -0.15) is 52.7 Å². The molecule has 0 aliphatic carbocycles. The van der Waals surface area contributed by atoms with Crippen molar-refractivity contribution >= 4 is 47.7 Å². The van der Waals surface area contributed by atoms with Crippen molar-refractivity contribution in [2.45, 2.75) is 60.2 Å². The summed E-state index contributed by atoms with van der Waals surface area (Å²) in [6, 6.07) is 10.4. The molecular weight excluding hydrogens is 993 g/mol. The summed E-state index contributed by atoms with van der Waals surface area (Å²) in [6.45, 7) is -0.947. The van der Waals surface area contributed by atoms with Gasteiger partial charge in [0.15, 0.2) is 0 Å². The van der Waals surface area contributed by atoms with Crippen molar-refractivity contribution in [3.63, 3.8) is 0 Å². The number of carboxylic acid groups (broad SMARTS) is 2. The number of nitrogens with zero attached hydrogens (tertiary/aromatic N) is 2. The van der Waals surface area contributed by atoms with Crippen LogP contribution in [0.1, 0.15) is 59.1 Å². The molecule has 2 aliphatic heterocycles. The number of benzene rings is 4. The van der Waals surface area contributed by atoms with Crippen molar-refractivity contribution in [3.05, 3.63) is 106 Å². The average molecular weight is 1030 g/mol. The number of para-hydroxylation sites is 2. The molecule has 23 heteroatoms. The Kier molecular flexibility index (Phi) is 15.9. The summed E-state index contributed by atoms with van der Waals surface area (Å²) in [7, 11) is 2.07. The van der Waals surface area contributed by atoms with E-state index in [9.17, 15) is 29.4 Å². The fourth-order valence-electron chi connectivity index (χ4n) is 8.58. The molecular formula is C48H40F12N2O8S. The zero-order chi connectivity index (χ0) is 52.4. The van der Waals surface area contributed by atoms with E-state index >= 15 is 52.7 Å². The monoisotopic (exact) mass is 1030 g/mol. The largest absolute Gasteiger partial charge is 0.496 e. The van der Waals surface area contributed by atoms with Gasteiger partial charge in [0.2, 0.25) is 11.8 Å². The standard InChI is InChI=1S/C48H40F12N2O8S/c1-69-33-13-5-3-11-27(33)31-21-35(41(47(55,56)57)39(45(49,50)51)29(31)15-17-37(63)61-19-7-9-25(23-61)43(65)66)71-36-22-32(28-12-4-6-14-34(28)70-2)30(40(46(52,53)54)42(36)48(58,59)60)16-18-38(64)62-20-8-10-26(24-62)44(67)68/h3-6,11-18,21-22,25-26H,7-10,19-20,23-24H2,1-2H3,(H,65,66)(H,67,68). The van der Waals surface area contributed by atoms with E-state index in [2.05, 4.69) is 0 Å². The van der Waals surface area contributed by atoms with Gasteiger partial charge < -0.3 is 29.5 Å². The zero-order valence-electron chi connectivity index (χ0n) is 37.1. The maximum absolute atomic E-state index is 15.6. The fourth-order valence-corrected chi connectivity index (χ4v) is 9.81. The topological polar surface area (TPSA) is 134 Å². The minimum Gasteiger partial charge on any atom is -0.496 e. The van der Waals surface area contributed by atoms with E-state index < -0.39 is 151 Å². The molecule has 71 heavy (non-hydrogen) atoms. The number of carbonyl (C=O) groups is 4. The maximum Gasteiger partial charge on any atom is 0.418 e. The minimum absolute atomic E-state index is 0.0728. The predicted octanol–water partition coefficient (Wildman–Crippen LogP) is 11.9. The molecule has 2 N–H and O–H groups in total. The Morgan fingerprint density at radius 1 is 0.549 bits per heavy atom. The summed E-state index contributed by atoms with van der Waals surface area (Å²) in [6.07, 6.45) is -22.1. The zero-order valence-corrected chi connectivity index (χ0v) is 37.9. The number of alkyl halides is 12. The number of carboxylic acids is 2. The molecule has 2 heterocycles. The van der Waals surface area contributed by atoms with Crippen LogP contribution in [-0.2, 0) is 43.9 Å². The van der Waals surface area contributed by atoms with Crippen LogP contribution in [-0.4, -0.2) is 84.2 Å². The van der Waals surface area contributed by atoms with Gasteiger partial charge in [0, 0.05) is 59.2 Å². The van der Waals surface area contributed by atoms with Gasteiger partial charge in [0.05, 0.1) is 48.3 Å². The van der Waals surface area contributed by atoms with Gasteiger partial charge in [-0.1, -0.05) is 48.2 Å². The van der Waals surface area contributed by atoms with E-state index in [1.54, 1.807) is 0 Å². The van der Waals surface area contributed by atoms with Gasteiger partial charge in [-0.25, -0.2) is 0 Å². The summed E-state index contributed by atoms with van der Waals surface area (Å²) < 4.78 is 197. The number of carbonyl (C=O) groups excluding carboxylic acids is 2. The predicted molar refractivity (Wildman–Crippen MR) is 233 cm³/mol. The molecule has 2 saturated heterocycles. The summed E-state index contributed by atoms with van der Waals surface area (Å²) in [5, 5.41) is 19.0. The third kappa shape index (κ3) is 11.9. The summed E-state index contributed by atoms with van der Waals surface area (Å²) in [4.78, 5) is 48.7. The molecule has 2 amide bonds. The number of piperidine rings is 2. The van der Waals surface area contributed by atoms with Gasteiger partial charge in [0.25, 0.3) is 0 Å². The molecule has 4 aromatic rings. The molecule has 0 radical (unpaired) electrons. The van der Waals surface area contributed by atoms with Crippen molar-refractivity contribution in [2.75, 3.05) is 40.4 Å². The van der Waals surface area contributed by atoms with E-state index in [-0.39, 0.29) is 50.3 Å². The Hall–Kier alpha value is -6.65. The Labute approximate surface area is 400 Å². The molecule has 2 fully saturated rings. The lowest BCUT2D eigenvalue weighted by molar-refractivity contribution is -0.164. The second kappa shape index (κ2) is 21.0. The minimum atomic E-state index is -6.13. The highest BCUT2D eigenvalue weighted by molar-refractivity contribution is 7.99. The number of hydrogen-bond donors (Lipinski definition) is 2.